The Bertz CT molecular complexity index is 387. The van der Waals surface area contributed by atoms with Crippen LogP contribution in [0.2, 0.25) is 0 Å². The first-order valence-electron chi connectivity index (χ1n) is 4.83. The molecule has 5 heteroatoms. The molecular formula is C11H10O5. The summed E-state index contributed by atoms with van der Waals surface area (Å²) in [5.41, 5.74) is 0. The van der Waals surface area contributed by atoms with Gasteiger partial charge < -0.3 is 14.2 Å². The number of carbonyl (C=O) groups is 2. The fourth-order valence-corrected chi connectivity index (χ4v) is 1.31. The normalized spacial score (nSPS) is 18.8. The standard InChI is InChI=1S/C11H10O5/c12-10(6-9-7-14-11(13)16-9)15-8-4-2-1-3-5-8/h1-5,9H,6-7H2. The number of carbonyl (C=O) groups excluding carboxylic acids is 2. The maximum Gasteiger partial charge on any atom is 0.508 e. The molecule has 2 rings (SSSR count). The van der Waals surface area contributed by atoms with Crippen LogP contribution in [0.5, 0.6) is 5.75 Å². The number of para-hydroxylation sites is 1. The van der Waals surface area contributed by atoms with E-state index >= 15 is 0 Å². The molecule has 0 saturated carbocycles. The summed E-state index contributed by atoms with van der Waals surface area (Å²) in [6, 6.07) is 8.71. The minimum Gasteiger partial charge on any atom is -0.430 e. The van der Waals surface area contributed by atoms with E-state index in [1.807, 2.05) is 6.07 Å². The van der Waals surface area contributed by atoms with Gasteiger partial charge in [0, 0.05) is 0 Å². The topological polar surface area (TPSA) is 61.8 Å². The molecule has 1 saturated heterocycles. The Kier molecular flexibility index (Phi) is 3.05. The van der Waals surface area contributed by atoms with E-state index in [-0.39, 0.29) is 13.0 Å². The first kappa shape index (κ1) is 10.5. The van der Waals surface area contributed by atoms with Gasteiger partial charge in [0.2, 0.25) is 0 Å². The number of ether oxygens (including phenoxy) is 3. The summed E-state index contributed by atoms with van der Waals surface area (Å²) in [6.45, 7) is 0.0999. The molecule has 1 aromatic rings. The molecule has 0 spiro atoms. The predicted octanol–water partition coefficient (Wildman–Crippen LogP) is 1.52. The molecule has 5 nitrogen and oxygen atoms in total. The highest BCUT2D eigenvalue weighted by Gasteiger charge is 2.27. The van der Waals surface area contributed by atoms with Crippen LogP contribution in [0.3, 0.4) is 0 Å². The first-order chi connectivity index (χ1) is 7.74. The van der Waals surface area contributed by atoms with Crippen molar-refractivity contribution in [3.05, 3.63) is 30.3 Å². The average Bonchev–Trinajstić information content (AvgIpc) is 2.65. The van der Waals surface area contributed by atoms with Crippen LogP contribution in [-0.4, -0.2) is 24.8 Å². The van der Waals surface area contributed by atoms with Gasteiger partial charge in [-0.2, -0.15) is 0 Å². The van der Waals surface area contributed by atoms with Crippen molar-refractivity contribution >= 4 is 12.1 Å². The molecule has 0 aromatic heterocycles. The maximum absolute atomic E-state index is 11.4. The van der Waals surface area contributed by atoms with Crippen LogP contribution in [0.15, 0.2) is 30.3 Å². The Labute approximate surface area is 91.9 Å². The van der Waals surface area contributed by atoms with E-state index in [1.165, 1.54) is 0 Å². The fourth-order valence-electron chi connectivity index (χ4n) is 1.31. The Morgan fingerprint density at radius 2 is 2.12 bits per heavy atom. The van der Waals surface area contributed by atoms with E-state index in [2.05, 4.69) is 4.74 Å². The second kappa shape index (κ2) is 4.65. The van der Waals surface area contributed by atoms with Gasteiger partial charge in [-0.3, -0.25) is 4.79 Å². The summed E-state index contributed by atoms with van der Waals surface area (Å²) >= 11 is 0. The van der Waals surface area contributed by atoms with Gasteiger partial charge in [-0.1, -0.05) is 18.2 Å². The minimum absolute atomic E-state index is 0.000629. The summed E-state index contributed by atoms with van der Waals surface area (Å²) in [7, 11) is 0. The maximum atomic E-state index is 11.4. The molecule has 1 atom stereocenters. The highest BCUT2D eigenvalue weighted by atomic mass is 16.8. The molecular weight excluding hydrogens is 212 g/mol. The number of rotatable bonds is 3. The van der Waals surface area contributed by atoms with Crippen molar-refractivity contribution in [2.75, 3.05) is 6.61 Å². The molecule has 0 aliphatic carbocycles. The van der Waals surface area contributed by atoms with E-state index in [0.29, 0.717) is 5.75 Å². The highest BCUT2D eigenvalue weighted by Crippen LogP contribution is 2.13. The fraction of sp³-hybridized carbons (Fsp3) is 0.273. The predicted molar refractivity (Wildman–Crippen MR) is 52.9 cm³/mol. The summed E-state index contributed by atoms with van der Waals surface area (Å²) < 4.78 is 14.3. The molecule has 0 N–H and O–H groups in total. The van der Waals surface area contributed by atoms with Gasteiger partial charge in [0.15, 0.2) is 6.10 Å². The molecule has 1 unspecified atom stereocenters. The number of benzene rings is 1. The monoisotopic (exact) mass is 222 g/mol. The Morgan fingerprint density at radius 3 is 2.75 bits per heavy atom. The third-order valence-corrected chi connectivity index (χ3v) is 2.02. The lowest BCUT2D eigenvalue weighted by Gasteiger charge is -2.06. The lowest BCUT2D eigenvalue weighted by Crippen LogP contribution is -2.19. The molecule has 0 amide bonds. The SMILES string of the molecule is O=C(CC1COC(=O)O1)Oc1ccccc1. The van der Waals surface area contributed by atoms with Crippen LogP contribution in [0.25, 0.3) is 0 Å². The van der Waals surface area contributed by atoms with Crippen molar-refractivity contribution in [3.63, 3.8) is 0 Å². The molecule has 1 aliphatic rings. The van der Waals surface area contributed by atoms with Crippen molar-refractivity contribution in [1.29, 1.82) is 0 Å². The third-order valence-electron chi connectivity index (χ3n) is 2.02. The quantitative estimate of drug-likeness (QED) is 0.573. The van der Waals surface area contributed by atoms with Gasteiger partial charge in [-0.25, -0.2) is 4.79 Å². The molecule has 0 bridgehead atoms. The second-order valence-electron chi connectivity index (χ2n) is 3.29. The zero-order chi connectivity index (χ0) is 11.4. The van der Waals surface area contributed by atoms with Crippen molar-refractivity contribution in [1.82, 2.24) is 0 Å². The lowest BCUT2D eigenvalue weighted by atomic mass is 10.3. The van der Waals surface area contributed by atoms with Gasteiger partial charge in [-0.15, -0.1) is 0 Å². The van der Waals surface area contributed by atoms with Crippen molar-refractivity contribution in [2.45, 2.75) is 12.5 Å². The molecule has 1 fully saturated rings. The van der Waals surface area contributed by atoms with Crippen LogP contribution >= 0.6 is 0 Å². The lowest BCUT2D eigenvalue weighted by molar-refractivity contribution is -0.136. The van der Waals surface area contributed by atoms with Gasteiger partial charge in [0.1, 0.15) is 12.4 Å². The first-order valence-corrected chi connectivity index (χ1v) is 4.83. The van der Waals surface area contributed by atoms with Gasteiger partial charge >= 0.3 is 12.1 Å². The Morgan fingerprint density at radius 1 is 1.38 bits per heavy atom. The Balaban J connectivity index is 1.83. The van der Waals surface area contributed by atoms with E-state index in [4.69, 9.17) is 9.47 Å². The van der Waals surface area contributed by atoms with Crippen LogP contribution in [-0.2, 0) is 14.3 Å². The summed E-state index contributed by atoms with van der Waals surface area (Å²) in [6.07, 6.45) is -1.28. The number of hydrogen-bond donors (Lipinski definition) is 0. The van der Waals surface area contributed by atoms with Crippen LogP contribution in [0.4, 0.5) is 4.79 Å². The second-order valence-corrected chi connectivity index (χ2v) is 3.29. The number of esters is 1. The summed E-state index contributed by atoms with van der Waals surface area (Å²) in [5, 5.41) is 0. The average molecular weight is 222 g/mol. The molecule has 0 radical (unpaired) electrons. The molecule has 1 heterocycles. The van der Waals surface area contributed by atoms with Gasteiger partial charge in [0.05, 0.1) is 6.42 Å². The minimum atomic E-state index is -0.738. The van der Waals surface area contributed by atoms with Crippen LogP contribution < -0.4 is 4.74 Å². The summed E-state index contributed by atoms with van der Waals surface area (Å²) in [4.78, 5) is 22.0. The largest absolute Gasteiger partial charge is 0.508 e. The molecule has 16 heavy (non-hydrogen) atoms. The summed E-state index contributed by atoms with van der Waals surface area (Å²) in [5.74, 6) is 0.0206. The van der Waals surface area contributed by atoms with Gasteiger partial charge in [-0.05, 0) is 12.1 Å². The molecule has 84 valence electrons. The van der Waals surface area contributed by atoms with Crippen molar-refractivity contribution in [2.24, 2.45) is 0 Å². The van der Waals surface area contributed by atoms with Gasteiger partial charge in [0.25, 0.3) is 0 Å². The highest BCUT2D eigenvalue weighted by molar-refractivity contribution is 5.74. The van der Waals surface area contributed by atoms with E-state index in [1.54, 1.807) is 24.3 Å². The Hall–Kier alpha value is -2.04. The number of hydrogen-bond acceptors (Lipinski definition) is 5. The smallest absolute Gasteiger partial charge is 0.430 e. The number of cyclic esters (lactones) is 2. The zero-order valence-corrected chi connectivity index (χ0v) is 8.42. The third kappa shape index (κ3) is 2.73. The van der Waals surface area contributed by atoms with Crippen LogP contribution in [0.1, 0.15) is 6.42 Å². The van der Waals surface area contributed by atoms with Crippen molar-refractivity contribution < 1.29 is 23.8 Å². The van der Waals surface area contributed by atoms with Crippen LogP contribution in [0, 0.1) is 0 Å². The molecule has 1 aromatic carbocycles. The van der Waals surface area contributed by atoms with Crippen molar-refractivity contribution in [3.8, 4) is 5.75 Å². The van der Waals surface area contributed by atoms with E-state index < -0.39 is 18.2 Å². The molecule has 1 aliphatic heterocycles. The van der Waals surface area contributed by atoms with E-state index in [0.717, 1.165) is 0 Å². The van der Waals surface area contributed by atoms with E-state index in [9.17, 15) is 9.59 Å². The zero-order valence-electron chi connectivity index (χ0n) is 8.42.